The number of hydrogen-bond donors (Lipinski definition) is 1. The van der Waals surface area contributed by atoms with Crippen molar-refractivity contribution >= 4 is 11.8 Å². The molecule has 0 atom stereocenters. The third kappa shape index (κ3) is 3.85. The first kappa shape index (κ1) is 11.3. The van der Waals surface area contributed by atoms with E-state index in [1.807, 2.05) is 37.3 Å². The molecule has 0 saturated carbocycles. The number of rotatable bonds is 4. The number of nitrogens with zero attached hydrogens (tertiary/aromatic N) is 1. The van der Waals surface area contributed by atoms with Crippen LogP contribution in [0.1, 0.15) is 19.4 Å². The molecule has 80 valence electrons. The second-order valence-electron chi connectivity index (χ2n) is 3.08. The summed E-state index contributed by atoms with van der Waals surface area (Å²) in [5, 5.41) is 11.5. The fourth-order valence-electron chi connectivity index (χ4n) is 1.09. The monoisotopic (exact) mass is 205 g/mol. The average Bonchev–Trinajstić information content (AvgIpc) is 2.28. The largest absolute Gasteiger partial charge is 0.494 e. The highest BCUT2D eigenvalue weighted by Crippen LogP contribution is 2.12. The Bertz CT molecular complexity index is 352. The van der Waals surface area contributed by atoms with Gasteiger partial charge in [-0.25, -0.2) is 0 Å². The molecule has 0 aliphatic carbocycles. The van der Waals surface area contributed by atoms with E-state index in [2.05, 4.69) is 5.16 Å². The molecule has 0 heterocycles. The van der Waals surface area contributed by atoms with Gasteiger partial charge in [-0.3, -0.25) is 0 Å². The van der Waals surface area contributed by atoms with Crippen LogP contribution >= 0.6 is 0 Å². The van der Waals surface area contributed by atoms with E-state index < -0.39 is 0 Å². The van der Waals surface area contributed by atoms with E-state index >= 15 is 0 Å². The summed E-state index contributed by atoms with van der Waals surface area (Å²) in [6, 6.07) is 7.72. The van der Waals surface area contributed by atoms with Crippen molar-refractivity contribution in [3.63, 3.8) is 0 Å². The fraction of sp³-hybridized carbons (Fsp3) is 0.250. The highest BCUT2D eigenvalue weighted by molar-refractivity contribution is 5.95. The van der Waals surface area contributed by atoms with Crippen LogP contribution in [0, 0.1) is 0 Å². The molecule has 0 bridgehead atoms. The zero-order valence-corrected chi connectivity index (χ0v) is 8.97. The van der Waals surface area contributed by atoms with Gasteiger partial charge in [0, 0.05) is 0 Å². The SMILES string of the molecule is CCOc1ccc(/C=C/C(C)=N/O)cc1. The molecule has 0 amide bonds. The zero-order valence-electron chi connectivity index (χ0n) is 8.97. The molecule has 3 nitrogen and oxygen atoms in total. The highest BCUT2D eigenvalue weighted by atomic mass is 16.5. The van der Waals surface area contributed by atoms with Gasteiger partial charge >= 0.3 is 0 Å². The Morgan fingerprint density at radius 3 is 2.60 bits per heavy atom. The Hall–Kier alpha value is -1.77. The lowest BCUT2D eigenvalue weighted by Crippen LogP contribution is -1.90. The van der Waals surface area contributed by atoms with Crippen molar-refractivity contribution < 1.29 is 9.94 Å². The minimum atomic E-state index is 0.573. The quantitative estimate of drug-likeness (QED) is 0.466. The summed E-state index contributed by atoms with van der Waals surface area (Å²) >= 11 is 0. The van der Waals surface area contributed by atoms with Crippen LogP contribution in [0.2, 0.25) is 0 Å². The Morgan fingerprint density at radius 1 is 1.40 bits per heavy atom. The lowest BCUT2D eigenvalue weighted by molar-refractivity contribution is 0.319. The van der Waals surface area contributed by atoms with Gasteiger partial charge in [-0.05, 0) is 37.6 Å². The summed E-state index contributed by atoms with van der Waals surface area (Å²) in [6.07, 6.45) is 3.63. The van der Waals surface area contributed by atoms with E-state index in [-0.39, 0.29) is 0 Å². The molecule has 3 heteroatoms. The predicted molar refractivity (Wildman–Crippen MR) is 61.5 cm³/mol. The molecule has 0 radical (unpaired) electrons. The van der Waals surface area contributed by atoms with Gasteiger partial charge in [0.1, 0.15) is 5.75 Å². The van der Waals surface area contributed by atoms with E-state index in [0.29, 0.717) is 12.3 Å². The molecule has 0 saturated heterocycles. The van der Waals surface area contributed by atoms with Gasteiger partial charge < -0.3 is 9.94 Å². The average molecular weight is 205 g/mol. The van der Waals surface area contributed by atoms with Crippen LogP contribution < -0.4 is 4.74 Å². The Balaban J connectivity index is 2.68. The van der Waals surface area contributed by atoms with Crippen LogP contribution in [0.3, 0.4) is 0 Å². The topological polar surface area (TPSA) is 41.8 Å². The van der Waals surface area contributed by atoms with Gasteiger partial charge in [-0.2, -0.15) is 0 Å². The molecular formula is C12H15NO2. The normalized spacial score (nSPS) is 12.0. The van der Waals surface area contributed by atoms with Crippen molar-refractivity contribution in [2.75, 3.05) is 6.61 Å². The number of benzene rings is 1. The molecule has 1 aromatic rings. The van der Waals surface area contributed by atoms with Gasteiger partial charge in [-0.15, -0.1) is 0 Å². The summed E-state index contributed by atoms with van der Waals surface area (Å²) in [5.74, 6) is 0.863. The molecule has 1 rings (SSSR count). The number of allylic oxidation sites excluding steroid dienone is 1. The first-order valence-corrected chi connectivity index (χ1v) is 4.86. The molecule has 1 N–H and O–H groups in total. The van der Waals surface area contributed by atoms with Gasteiger partial charge in [-0.1, -0.05) is 23.4 Å². The fourth-order valence-corrected chi connectivity index (χ4v) is 1.09. The third-order valence-corrected chi connectivity index (χ3v) is 1.87. The summed E-state index contributed by atoms with van der Waals surface area (Å²) in [6.45, 7) is 4.35. The lowest BCUT2D eigenvalue weighted by atomic mass is 10.2. The minimum Gasteiger partial charge on any atom is -0.494 e. The lowest BCUT2D eigenvalue weighted by Gasteiger charge is -2.02. The van der Waals surface area contributed by atoms with Crippen LogP contribution in [0.15, 0.2) is 35.5 Å². The maximum Gasteiger partial charge on any atom is 0.119 e. The Labute approximate surface area is 89.7 Å². The molecule has 0 unspecified atom stereocenters. The van der Waals surface area contributed by atoms with Gasteiger partial charge in [0.05, 0.1) is 12.3 Å². The van der Waals surface area contributed by atoms with Crippen LogP contribution in [-0.2, 0) is 0 Å². The van der Waals surface area contributed by atoms with Crippen LogP contribution in [0.4, 0.5) is 0 Å². The predicted octanol–water partition coefficient (Wildman–Crippen LogP) is 2.95. The van der Waals surface area contributed by atoms with E-state index in [0.717, 1.165) is 11.3 Å². The van der Waals surface area contributed by atoms with Crippen molar-refractivity contribution in [3.8, 4) is 5.75 Å². The molecule has 0 aromatic heterocycles. The van der Waals surface area contributed by atoms with Crippen molar-refractivity contribution in [1.82, 2.24) is 0 Å². The van der Waals surface area contributed by atoms with Gasteiger partial charge in [0.15, 0.2) is 0 Å². The Kier molecular flexibility index (Phi) is 4.41. The second kappa shape index (κ2) is 5.86. The summed E-state index contributed by atoms with van der Waals surface area (Å²) < 4.78 is 5.32. The maximum atomic E-state index is 8.44. The van der Waals surface area contributed by atoms with E-state index in [4.69, 9.17) is 9.94 Å². The molecule has 1 aromatic carbocycles. The summed E-state index contributed by atoms with van der Waals surface area (Å²) in [4.78, 5) is 0. The standard InChI is InChI=1S/C12H15NO2/c1-3-15-12-8-6-11(7-9-12)5-4-10(2)13-14/h4-9,14H,3H2,1-2H3/b5-4+,13-10+. The van der Waals surface area contributed by atoms with Crippen molar-refractivity contribution in [1.29, 1.82) is 0 Å². The van der Waals surface area contributed by atoms with Crippen molar-refractivity contribution in [2.45, 2.75) is 13.8 Å². The maximum absolute atomic E-state index is 8.44. The second-order valence-corrected chi connectivity index (χ2v) is 3.08. The number of hydrogen-bond acceptors (Lipinski definition) is 3. The van der Waals surface area contributed by atoms with E-state index in [1.165, 1.54) is 0 Å². The van der Waals surface area contributed by atoms with Gasteiger partial charge in [0.25, 0.3) is 0 Å². The van der Waals surface area contributed by atoms with Crippen LogP contribution in [0.25, 0.3) is 6.08 Å². The third-order valence-electron chi connectivity index (χ3n) is 1.87. The first-order chi connectivity index (χ1) is 7.26. The molecule has 0 aliphatic rings. The van der Waals surface area contributed by atoms with Crippen LogP contribution in [-0.4, -0.2) is 17.5 Å². The van der Waals surface area contributed by atoms with Crippen molar-refractivity contribution in [2.24, 2.45) is 5.16 Å². The van der Waals surface area contributed by atoms with Crippen molar-refractivity contribution in [3.05, 3.63) is 35.9 Å². The molecule has 0 spiro atoms. The molecule has 15 heavy (non-hydrogen) atoms. The molecule has 0 fully saturated rings. The van der Waals surface area contributed by atoms with E-state index in [1.54, 1.807) is 13.0 Å². The van der Waals surface area contributed by atoms with Gasteiger partial charge in [0.2, 0.25) is 0 Å². The van der Waals surface area contributed by atoms with E-state index in [9.17, 15) is 0 Å². The van der Waals surface area contributed by atoms with Crippen LogP contribution in [0.5, 0.6) is 5.75 Å². The zero-order chi connectivity index (χ0) is 11.1. The summed E-state index contributed by atoms with van der Waals surface area (Å²) in [7, 11) is 0. The first-order valence-electron chi connectivity index (χ1n) is 4.86. The smallest absolute Gasteiger partial charge is 0.119 e. The number of oxime groups is 1. The number of ether oxygens (including phenoxy) is 1. The molecular weight excluding hydrogens is 190 g/mol. The highest BCUT2D eigenvalue weighted by Gasteiger charge is 1.91. The minimum absolute atomic E-state index is 0.573. The molecule has 0 aliphatic heterocycles. The summed E-state index contributed by atoms with van der Waals surface area (Å²) in [5.41, 5.74) is 1.62. The Morgan fingerprint density at radius 2 is 2.07 bits per heavy atom.